The molecule has 0 fully saturated rings. The topological polar surface area (TPSA) is 96.7 Å². The molecule has 1 aromatic heterocycles. The number of pyridine rings is 1. The first-order chi connectivity index (χ1) is 9.17. The highest BCUT2D eigenvalue weighted by atomic mass is 16.5. The van der Waals surface area contributed by atoms with E-state index in [1.54, 1.807) is 12.1 Å². The van der Waals surface area contributed by atoms with Crippen LogP contribution in [0.3, 0.4) is 0 Å². The highest BCUT2D eigenvalue weighted by Crippen LogP contribution is 2.29. The number of anilines is 2. The van der Waals surface area contributed by atoms with Crippen molar-refractivity contribution in [1.29, 1.82) is 0 Å². The number of hydrogen-bond donors (Lipinski definition) is 3. The maximum atomic E-state index is 11.3. The maximum Gasteiger partial charge on any atom is 0.190 e. The molecule has 6 heteroatoms. The van der Waals surface area contributed by atoms with Crippen molar-refractivity contribution in [1.82, 2.24) is 0 Å². The van der Waals surface area contributed by atoms with Gasteiger partial charge in [0.25, 0.3) is 0 Å². The van der Waals surface area contributed by atoms with Crippen LogP contribution in [0, 0.1) is 5.21 Å². The molecule has 0 aliphatic heterocycles. The Morgan fingerprint density at radius 3 is 2.42 bits per heavy atom. The number of benzene rings is 1. The van der Waals surface area contributed by atoms with Gasteiger partial charge in [0.2, 0.25) is 0 Å². The third-order valence-electron chi connectivity index (χ3n) is 3.02. The summed E-state index contributed by atoms with van der Waals surface area (Å²) >= 11 is 0. The van der Waals surface area contributed by atoms with Gasteiger partial charge in [0.15, 0.2) is 12.4 Å². The molecular formula is C13H17N3O3. The summed E-state index contributed by atoms with van der Waals surface area (Å²) in [5.41, 5.74) is 7.24. The van der Waals surface area contributed by atoms with Gasteiger partial charge >= 0.3 is 0 Å². The lowest BCUT2D eigenvalue weighted by Crippen LogP contribution is -2.30. The van der Waals surface area contributed by atoms with Crippen molar-refractivity contribution in [2.24, 2.45) is 0 Å². The second kappa shape index (κ2) is 5.73. The van der Waals surface area contributed by atoms with E-state index in [2.05, 4.69) is 0 Å². The van der Waals surface area contributed by atoms with Crippen LogP contribution in [-0.4, -0.2) is 36.5 Å². The van der Waals surface area contributed by atoms with E-state index in [0.717, 1.165) is 11.1 Å². The lowest BCUT2D eigenvalue weighted by atomic mass is 10.1. The fourth-order valence-electron chi connectivity index (χ4n) is 2.15. The summed E-state index contributed by atoms with van der Waals surface area (Å²) < 4.78 is 0.699. The minimum absolute atomic E-state index is 0.0136. The average molecular weight is 263 g/mol. The van der Waals surface area contributed by atoms with Crippen molar-refractivity contribution in [3.63, 3.8) is 0 Å². The molecule has 6 nitrogen and oxygen atoms in total. The highest BCUT2D eigenvalue weighted by molar-refractivity contribution is 6.00. The summed E-state index contributed by atoms with van der Waals surface area (Å²) in [4.78, 5) is 1.86. The summed E-state index contributed by atoms with van der Waals surface area (Å²) in [6, 6.07) is 5.24. The Balaban J connectivity index is 2.56. The van der Waals surface area contributed by atoms with Crippen LogP contribution in [0.1, 0.15) is 0 Å². The zero-order valence-electron chi connectivity index (χ0n) is 10.5. The minimum atomic E-state index is -0.0136. The zero-order chi connectivity index (χ0) is 13.8. The van der Waals surface area contributed by atoms with Gasteiger partial charge in [-0.2, -0.15) is 4.73 Å². The predicted molar refractivity (Wildman–Crippen MR) is 73.7 cm³/mol. The molecule has 0 amide bonds. The monoisotopic (exact) mass is 263 g/mol. The standard InChI is InChI=1S/C13H17N3O3/c14-12-1-2-13(15(5-7-17)6-8-18)10-3-4-16(19)9-11(10)12/h1-4,9,17-18H,5-8,14H2. The summed E-state index contributed by atoms with van der Waals surface area (Å²) in [7, 11) is 0. The molecule has 0 radical (unpaired) electrons. The second-order valence-electron chi connectivity index (χ2n) is 4.24. The van der Waals surface area contributed by atoms with Crippen LogP contribution in [0.4, 0.5) is 11.4 Å². The first-order valence-electron chi connectivity index (χ1n) is 6.05. The Morgan fingerprint density at radius 2 is 1.79 bits per heavy atom. The van der Waals surface area contributed by atoms with E-state index in [-0.39, 0.29) is 13.2 Å². The molecule has 0 spiro atoms. The SMILES string of the molecule is Nc1ccc(N(CCO)CCO)c2cc[n+]([O-])cc12. The molecule has 19 heavy (non-hydrogen) atoms. The zero-order valence-corrected chi connectivity index (χ0v) is 10.5. The molecule has 0 unspecified atom stereocenters. The molecule has 0 aliphatic carbocycles. The van der Waals surface area contributed by atoms with Crippen molar-refractivity contribution in [3.8, 4) is 0 Å². The number of nitrogens with zero attached hydrogens (tertiary/aromatic N) is 2. The van der Waals surface area contributed by atoms with Crippen molar-refractivity contribution in [2.45, 2.75) is 0 Å². The van der Waals surface area contributed by atoms with Gasteiger partial charge in [-0.25, -0.2) is 0 Å². The lowest BCUT2D eigenvalue weighted by Gasteiger charge is -2.24. The largest absolute Gasteiger partial charge is 0.619 e. The molecule has 1 aromatic carbocycles. The van der Waals surface area contributed by atoms with E-state index in [1.165, 1.54) is 12.4 Å². The van der Waals surface area contributed by atoms with Gasteiger partial charge in [0.1, 0.15) is 0 Å². The molecule has 0 saturated carbocycles. The Morgan fingerprint density at radius 1 is 1.11 bits per heavy atom. The van der Waals surface area contributed by atoms with Gasteiger partial charge in [-0.15, -0.1) is 0 Å². The second-order valence-corrected chi connectivity index (χ2v) is 4.24. The smallest absolute Gasteiger partial charge is 0.190 e. The molecule has 0 bridgehead atoms. The first-order valence-corrected chi connectivity index (χ1v) is 6.05. The number of rotatable bonds is 5. The van der Waals surface area contributed by atoms with Crippen LogP contribution in [0.5, 0.6) is 0 Å². The molecule has 0 saturated heterocycles. The van der Waals surface area contributed by atoms with Gasteiger partial charge in [-0.3, -0.25) is 0 Å². The molecule has 0 aliphatic rings. The predicted octanol–water partition coefficient (Wildman–Crippen LogP) is -0.154. The quantitative estimate of drug-likeness (QED) is 0.396. The Hall–Kier alpha value is -2.05. The number of fused-ring (bicyclic) bond motifs is 1. The molecule has 2 aromatic rings. The Bertz CT molecular complexity index is 568. The van der Waals surface area contributed by atoms with E-state index in [4.69, 9.17) is 15.9 Å². The molecule has 4 N–H and O–H groups in total. The molecule has 0 atom stereocenters. The van der Waals surface area contributed by atoms with E-state index in [9.17, 15) is 5.21 Å². The van der Waals surface area contributed by atoms with Crippen molar-refractivity contribution in [2.75, 3.05) is 36.9 Å². The fraction of sp³-hybridized carbons (Fsp3) is 0.308. The van der Waals surface area contributed by atoms with E-state index < -0.39 is 0 Å². The molecular weight excluding hydrogens is 246 g/mol. The lowest BCUT2D eigenvalue weighted by molar-refractivity contribution is -0.603. The van der Waals surface area contributed by atoms with Gasteiger partial charge in [-0.1, -0.05) is 0 Å². The molecule has 1 heterocycles. The summed E-state index contributed by atoms with van der Waals surface area (Å²) in [5.74, 6) is 0. The Kier molecular flexibility index (Phi) is 4.03. The maximum absolute atomic E-state index is 11.3. The molecule has 2 rings (SSSR count). The van der Waals surface area contributed by atoms with Crippen molar-refractivity contribution < 1.29 is 14.9 Å². The number of aromatic nitrogens is 1. The summed E-state index contributed by atoms with van der Waals surface area (Å²) in [6.45, 7) is 0.790. The normalized spacial score (nSPS) is 10.8. The number of aliphatic hydroxyl groups is 2. The van der Waals surface area contributed by atoms with Crippen LogP contribution in [0.2, 0.25) is 0 Å². The van der Waals surface area contributed by atoms with Crippen LogP contribution in [-0.2, 0) is 0 Å². The van der Waals surface area contributed by atoms with Crippen LogP contribution in [0.15, 0.2) is 30.6 Å². The van der Waals surface area contributed by atoms with Gasteiger partial charge in [0.05, 0.1) is 18.6 Å². The van der Waals surface area contributed by atoms with Crippen LogP contribution >= 0.6 is 0 Å². The Labute approximate surface area is 110 Å². The number of hydrogen-bond acceptors (Lipinski definition) is 5. The van der Waals surface area contributed by atoms with E-state index >= 15 is 0 Å². The minimum Gasteiger partial charge on any atom is -0.619 e. The van der Waals surface area contributed by atoms with Gasteiger partial charge in [-0.05, 0) is 12.1 Å². The van der Waals surface area contributed by atoms with Crippen molar-refractivity contribution >= 4 is 22.1 Å². The van der Waals surface area contributed by atoms with E-state index in [0.29, 0.717) is 28.9 Å². The summed E-state index contributed by atoms with van der Waals surface area (Å²) in [6.07, 6.45) is 2.82. The van der Waals surface area contributed by atoms with Gasteiger partial charge in [0, 0.05) is 35.9 Å². The number of nitrogens with two attached hydrogens (primary N) is 1. The number of aliphatic hydroxyl groups excluding tert-OH is 2. The first kappa shape index (κ1) is 13.4. The van der Waals surface area contributed by atoms with Crippen molar-refractivity contribution in [3.05, 3.63) is 35.8 Å². The van der Waals surface area contributed by atoms with E-state index in [1.807, 2.05) is 11.0 Å². The highest BCUT2D eigenvalue weighted by Gasteiger charge is 2.12. The molecule has 102 valence electrons. The third-order valence-corrected chi connectivity index (χ3v) is 3.02. The van der Waals surface area contributed by atoms with Crippen LogP contribution < -0.4 is 15.4 Å². The van der Waals surface area contributed by atoms with Crippen LogP contribution in [0.25, 0.3) is 10.8 Å². The average Bonchev–Trinajstić information content (AvgIpc) is 2.40. The number of nitrogen functional groups attached to an aromatic ring is 1. The van der Waals surface area contributed by atoms with Gasteiger partial charge < -0.3 is 26.1 Å². The summed E-state index contributed by atoms with van der Waals surface area (Å²) in [5, 5.41) is 31.0. The third kappa shape index (κ3) is 2.69. The fourth-order valence-corrected chi connectivity index (χ4v) is 2.15.